The topological polar surface area (TPSA) is 530 Å². The molecular weight excluding hydrogens is 1360 g/mol. The second-order valence-corrected chi connectivity index (χ2v) is 26.3. The van der Waals surface area contributed by atoms with E-state index in [9.17, 15) is 73.2 Å². The predicted octanol–water partition coefficient (Wildman–Crippen LogP) is 4.79. The first-order chi connectivity index (χ1) is 48.9. The first-order valence-electron chi connectivity index (χ1n) is 31.9. The molecule has 5 atom stereocenters. The Morgan fingerprint density at radius 3 is 2.04 bits per heavy atom. The zero-order valence-corrected chi connectivity index (χ0v) is 55.9. The number of benzene rings is 5. The van der Waals surface area contributed by atoms with Crippen molar-refractivity contribution in [2.75, 3.05) is 51.2 Å². The Kier molecular flexibility index (Phi) is 23.2. The van der Waals surface area contributed by atoms with Gasteiger partial charge in [0.05, 0.1) is 30.5 Å². The summed E-state index contributed by atoms with van der Waals surface area (Å²) >= 11 is 0. The van der Waals surface area contributed by atoms with Crippen molar-refractivity contribution in [3.05, 3.63) is 148 Å². The number of carbonyl (C=O) groups excluding carboxylic acids is 7. The molecule has 33 nitrogen and oxygen atoms in total. The summed E-state index contributed by atoms with van der Waals surface area (Å²) in [6.07, 6.45) is -0.0217. The van der Waals surface area contributed by atoms with Crippen LogP contribution in [0.5, 0.6) is 5.75 Å². The maximum absolute atomic E-state index is 14.1. The molecule has 0 saturated carbocycles. The number of rotatable bonds is 32. The fraction of sp³-hybridized carbons (Fsp3) is 0.269. The van der Waals surface area contributed by atoms with Gasteiger partial charge in [-0.3, -0.25) is 53.5 Å². The summed E-state index contributed by atoms with van der Waals surface area (Å²) in [6.45, 7) is 2.66. The molecule has 0 saturated heterocycles. The summed E-state index contributed by atoms with van der Waals surface area (Å²) in [5, 5.41) is 71.7. The van der Waals surface area contributed by atoms with Gasteiger partial charge in [-0.2, -0.15) is 4.98 Å². The van der Waals surface area contributed by atoms with E-state index in [1.54, 1.807) is 59.5 Å². The van der Waals surface area contributed by atoms with Crippen LogP contribution in [0, 0.1) is 5.41 Å². The number of aromatic hydroxyl groups is 1. The van der Waals surface area contributed by atoms with E-state index in [1.807, 2.05) is 24.3 Å². The predicted molar refractivity (Wildman–Crippen MR) is 382 cm³/mol. The third-order valence-electron chi connectivity index (χ3n) is 16.5. The van der Waals surface area contributed by atoms with Crippen LogP contribution in [0.2, 0.25) is 0 Å². The first-order valence-corrected chi connectivity index (χ1v) is 34.4. The Bertz CT molecular complexity index is 4830. The number of nitrogens with one attached hydrogen (secondary N) is 12. The normalized spacial score (nSPS) is 13.7. The van der Waals surface area contributed by atoms with Gasteiger partial charge in [-0.25, -0.2) is 19.6 Å². The molecule has 2 unspecified atom stereocenters. The summed E-state index contributed by atoms with van der Waals surface area (Å²) in [6, 6.07) is 22.1. The monoisotopic (exact) mass is 1430 g/mol. The highest BCUT2D eigenvalue weighted by molar-refractivity contribution is 8.76. The molecule has 7 amide bonds. The molecule has 5 aromatic carbocycles. The number of aliphatic carboxylic acids is 3. The molecule has 0 spiro atoms. The number of nitrogens with two attached hydrogens (primary N) is 2. The largest absolute Gasteiger partial charge is 0.507 e. The molecule has 0 aliphatic carbocycles. The lowest BCUT2D eigenvalue weighted by Gasteiger charge is -2.24. The zero-order valence-electron chi connectivity index (χ0n) is 54.3. The Balaban J connectivity index is 0.667. The molecule has 5 heterocycles. The van der Waals surface area contributed by atoms with Gasteiger partial charge in [-0.15, -0.1) is 0 Å². The number of carboxylic acids is 3. The fourth-order valence-electron chi connectivity index (χ4n) is 11.4. The number of guanidine groups is 1. The van der Waals surface area contributed by atoms with Gasteiger partial charge in [0.25, 0.3) is 23.3 Å². The molecule has 9 aromatic rings. The maximum atomic E-state index is 14.1. The molecular formula is C67H70N18O15S2. The number of fused-ring (bicyclic) bond motifs is 6. The van der Waals surface area contributed by atoms with Gasteiger partial charge in [-0.05, 0) is 109 Å². The van der Waals surface area contributed by atoms with E-state index in [0.29, 0.717) is 62.5 Å². The third kappa shape index (κ3) is 18.1. The van der Waals surface area contributed by atoms with E-state index in [0.717, 1.165) is 44.3 Å². The number of hydrogen-bond donors (Lipinski definition) is 18. The lowest BCUT2D eigenvalue weighted by molar-refractivity contribution is -0.143. The van der Waals surface area contributed by atoms with E-state index in [-0.39, 0.29) is 89.8 Å². The van der Waals surface area contributed by atoms with E-state index < -0.39 is 108 Å². The SMILES string of the molecule is CCC1CN(C(=O)c2cc3cc(NC(=O)c4cc5cc(NC(=O)CCSSCC(NC(=O)[C@@H](CC(=O)O)NC(=O)[C@@H](CCCNC(=N)N)NC(=O)CC[C@@H](NC(=O)c6ccc(NCc7cnc8nc(N)[nH]c(=O)c8n7)cc6)C(=O)O)C(=O)O)ccc5[nH]4)ccc3[nH]2)c2cc(O)c3ccccc3c21. The van der Waals surface area contributed by atoms with Gasteiger partial charge in [0.1, 0.15) is 41.3 Å². The Morgan fingerprint density at radius 2 is 1.35 bits per heavy atom. The number of aromatic amines is 3. The average molecular weight is 1430 g/mol. The quantitative estimate of drug-likeness (QED) is 0.0117. The van der Waals surface area contributed by atoms with Crippen LogP contribution in [0.4, 0.5) is 28.7 Å². The van der Waals surface area contributed by atoms with Crippen LogP contribution in [-0.2, 0) is 40.1 Å². The van der Waals surface area contributed by atoms with Crippen molar-refractivity contribution in [1.29, 1.82) is 5.41 Å². The molecule has 0 fully saturated rings. The molecule has 20 N–H and O–H groups in total. The second-order valence-electron chi connectivity index (χ2n) is 23.7. The standard InChI is InChI=1S/C67H70N18O15S2/c1-2-32-30-85(50-27-51(86)40-6-3-4-7-41(40)55(32)50)63(96)48-25-35-23-38(14-16-43(35)78-48)76-60(93)46-24-34-22-37(13-15-42(34)77-46)74-53(88)19-21-101-102-31-49(65(99)100)82-61(94)47(26-54(89)90)81-59(92)44(8-5-20-71-66(68)69)79-52(87)18-17-45(64(97)98)80-58(91)33-9-11-36(12-10-33)72-28-39-29-73-57-56(75-39)62(95)84-67(70)83-57/h3-4,6-7,9-16,22-25,27,29,32,44-45,47,49,72,77-78,86H,2,5,8,17-21,26,28,30-31H2,1H3,(H,74,88)(H,76,93)(H,79,87)(H,80,91)(H,81,92)(H,82,94)(H,89,90)(H,97,98)(H,99,100)(H4,68,69,71)(H3,70,73,83,84,95)/t32?,44-,45-,47-,49?/m1/s1. The number of aromatic nitrogens is 6. The molecule has 1 aliphatic heterocycles. The Hall–Kier alpha value is -12.3. The number of anilines is 5. The van der Waals surface area contributed by atoms with Crippen molar-refractivity contribution >= 4 is 159 Å². The molecule has 530 valence electrons. The van der Waals surface area contributed by atoms with Crippen molar-refractivity contribution in [3.8, 4) is 5.75 Å². The van der Waals surface area contributed by atoms with Crippen LogP contribution in [-0.4, -0.2) is 164 Å². The molecule has 0 bridgehead atoms. The van der Waals surface area contributed by atoms with Gasteiger partial charge >= 0.3 is 17.9 Å². The number of hydrogen-bond acceptors (Lipinski definition) is 20. The van der Waals surface area contributed by atoms with Gasteiger partial charge in [0.2, 0.25) is 29.6 Å². The molecule has 10 rings (SSSR count). The minimum absolute atomic E-state index is 0.0210. The van der Waals surface area contributed by atoms with Gasteiger partial charge in [-0.1, -0.05) is 52.8 Å². The lowest BCUT2D eigenvalue weighted by atomic mass is 9.93. The number of phenols is 1. The zero-order chi connectivity index (χ0) is 72.9. The molecule has 4 aromatic heterocycles. The van der Waals surface area contributed by atoms with Crippen LogP contribution in [0.25, 0.3) is 43.7 Å². The minimum atomic E-state index is -1.88. The highest BCUT2D eigenvalue weighted by atomic mass is 33.1. The molecule has 1 aliphatic rings. The van der Waals surface area contributed by atoms with E-state index >= 15 is 0 Å². The van der Waals surface area contributed by atoms with Gasteiger partial charge in [0, 0.05) is 99.2 Å². The summed E-state index contributed by atoms with van der Waals surface area (Å²) in [5.74, 6) is -10.1. The second kappa shape index (κ2) is 32.6. The van der Waals surface area contributed by atoms with Crippen molar-refractivity contribution in [1.82, 2.24) is 56.5 Å². The highest BCUT2D eigenvalue weighted by Gasteiger charge is 2.36. The summed E-state index contributed by atoms with van der Waals surface area (Å²) in [4.78, 5) is 166. The molecule has 35 heteroatoms. The van der Waals surface area contributed by atoms with Crippen LogP contribution < -0.4 is 64.5 Å². The fourth-order valence-corrected chi connectivity index (χ4v) is 13.6. The first kappa shape index (κ1) is 72.5. The number of carbonyl (C=O) groups is 10. The van der Waals surface area contributed by atoms with Crippen LogP contribution in [0.15, 0.2) is 114 Å². The van der Waals surface area contributed by atoms with Crippen LogP contribution >= 0.6 is 21.6 Å². The third-order valence-corrected chi connectivity index (χ3v) is 18.9. The number of nitrogen functional groups attached to an aromatic ring is 1. The molecule has 102 heavy (non-hydrogen) atoms. The highest BCUT2D eigenvalue weighted by Crippen LogP contribution is 2.46. The number of H-pyrrole nitrogens is 3. The van der Waals surface area contributed by atoms with Gasteiger partial charge < -0.3 is 89.3 Å². The maximum Gasteiger partial charge on any atom is 0.327 e. The number of nitrogens with zero attached hydrogens (tertiary/aromatic N) is 4. The summed E-state index contributed by atoms with van der Waals surface area (Å²) in [5.41, 5.74) is 15.8. The Labute approximate surface area is 585 Å². The minimum Gasteiger partial charge on any atom is -0.507 e. The van der Waals surface area contributed by atoms with Crippen molar-refractivity contribution in [2.45, 2.75) is 88.5 Å². The smallest absolute Gasteiger partial charge is 0.327 e. The van der Waals surface area contributed by atoms with Gasteiger partial charge in [0.15, 0.2) is 17.1 Å². The number of carboxylic acid groups (broad SMARTS) is 3. The van der Waals surface area contributed by atoms with E-state index in [4.69, 9.17) is 16.9 Å². The van der Waals surface area contributed by atoms with Crippen molar-refractivity contribution in [2.24, 2.45) is 5.73 Å². The van der Waals surface area contributed by atoms with Crippen molar-refractivity contribution < 1.29 is 68.4 Å². The summed E-state index contributed by atoms with van der Waals surface area (Å²) < 4.78 is 0. The lowest BCUT2D eigenvalue weighted by Crippen LogP contribution is -2.56. The number of amides is 7. The number of phenolic OH excluding ortho intramolecular Hbond substituents is 1. The Morgan fingerprint density at radius 1 is 0.696 bits per heavy atom. The summed E-state index contributed by atoms with van der Waals surface area (Å²) in [7, 11) is 2.10. The van der Waals surface area contributed by atoms with E-state index in [1.165, 1.54) is 30.5 Å². The molecule has 0 radical (unpaired) electrons. The van der Waals surface area contributed by atoms with E-state index in [2.05, 4.69) is 79.4 Å². The van der Waals surface area contributed by atoms with Crippen molar-refractivity contribution in [3.63, 3.8) is 0 Å². The average Bonchev–Trinajstić information content (AvgIpc) is 1.58. The van der Waals surface area contributed by atoms with Crippen LogP contribution in [0.3, 0.4) is 0 Å². The van der Waals surface area contributed by atoms with Crippen LogP contribution in [0.1, 0.15) is 100 Å².